The Labute approximate surface area is 161 Å². The van der Waals surface area contributed by atoms with Gasteiger partial charge in [0, 0.05) is 5.56 Å². The zero-order chi connectivity index (χ0) is 19.4. The van der Waals surface area contributed by atoms with Crippen LogP contribution in [0.5, 0.6) is 5.75 Å². The summed E-state index contributed by atoms with van der Waals surface area (Å²) < 4.78 is 5.75. The minimum atomic E-state index is -1.01. The van der Waals surface area contributed by atoms with Crippen LogP contribution < -0.4 is 4.74 Å². The molecule has 0 spiro atoms. The highest BCUT2D eigenvalue weighted by atomic mass is 16.5. The molecule has 0 fully saturated rings. The van der Waals surface area contributed by atoms with Crippen LogP contribution in [0, 0.1) is 0 Å². The molecule has 0 aromatic heterocycles. The molecule has 1 unspecified atom stereocenters. The van der Waals surface area contributed by atoms with E-state index in [0.29, 0.717) is 12.2 Å². The normalized spacial score (nSPS) is 24.6. The minimum absolute atomic E-state index is 0.112. The van der Waals surface area contributed by atoms with Gasteiger partial charge in [0.1, 0.15) is 17.8 Å². The van der Waals surface area contributed by atoms with Gasteiger partial charge < -0.3 is 9.84 Å². The highest BCUT2D eigenvalue weighted by Crippen LogP contribution is 2.47. The number of rotatable bonds is 3. The molecule has 0 saturated carbocycles. The Morgan fingerprint density at radius 3 is 2.33 bits per heavy atom. The molecule has 0 saturated heterocycles. The first-order valence-corrected chi connectivity index (χ1v) is 9.75. The number of carbonyl (C=O) groups is 1. The Morgan fingerprint density at radius 2 is 1.63 bits per heavy atom. The fraction of sp³-hybridized carbons (Fsp3) is 0.458. The van der Waals surface area contributed by atoms with Crippen LogP contribution in [0.25, 0.3) is 0 Å². The Balaban J connectivity index is 1.78. The molecule has 3 nitrogen and oxygen atoms in total. The van der Waals surface area contributed by atoms with E-state index in [-0.39, 0.29) is 17.4 Å². The molecule has 3 heteroatoms. The maximum Gasteiger partial charge on any atom is 0.318 e. The monoisotopic (exact) mass is 364 g/mol. The summed E-state index contributed by atoms with van der Waals surface area (Å²) in [6.07, 6.45) is 2.77. The fourth-order valence-electron chi connectivity index (χ4n) is 4.76. The van der Waals surface area contributed by atoms with Gasteiger partial charge in [0.05, 0.1) is 0 Å². The third-order valence-electron chi connectivity index (χ3n) is 6.71. The van der Waals surface area contributed by atoms with Crippen molar-refractivity contribution < 1.29 is 14.6 Å². The lowest BCUT2D eigenvalue weighted by Crippen LogP contribution is -2.40. The Bertz CT molecular complexity index is 910. The maximum absolute atomic E-state index is 12.3. The fourth-order valence-corrected chi connectivity index (χ4v) is 4.76. The van der Waals surface area contributed by atoms with E-state index in [9.17, 15) is 9.90 Å². The van der Waals surface area contributed by atoms with E-state index in [0.717, 1.165) is 17.5 Å². The molecule has 4 rings (SSSR count). The first-order chi connectivity index (χ1) is 12.7. The van der Waals surface area contributed by atoms with Crippen molar-refractivity contribution in [2.45, 2.75) is 63.2 Å². The number of fused-ring (bicyclic) bond motifs is 2. The highest BCUT2D eigenvalue weighted by Gasteiger charge is 2.48. The van der Waals surface area contributed by atoms with Crippen LogP contribution in [0.15, 0.2) is 42.5 Å². The lowest BCUT2D eigenvalue weighted by Gasteiger charge is -2.42. The third-order valence-corrected chi connectivity index (χ3v) is 6.71. The van der Waals surface area contributed by atoms with Gasteiger partial charge in [-0.1, -0.05) is 64.1 Å². The van der Waals surface area contributed by atoms with Crippen LogP contribution in [0.2, 0.25) is 0 Å². The van der Waals surface area contributed by atoms with Crippen molar-refractivity contribution in [3.05, 3.63) is 64.7 Å². The first-order valence-electron chi connectivity index (χ1n) is 9.75. The van der Waals surface area contributed by atoms with E-state index in [4.69, 9.17) is 4.74 Å². The minimum Gasteiger partial charge on any atom is -0.492 e. The second kappa shape index (κ2) is 5.85. The number of carboxylic acids is 1. The molecule has 2 aromatic rings. The average molecular weight is 364 g/mol. The molecule has 2 aliphatic rings. The van der Waals surface area contributed by atoms with Gasteiger partial charge in [-0.2, -0.15) is 0 Å². The topological polar surface area (TPSA) is 46.5 Å². The van der Waals surface area contributed by atoms with Crippen molar-refractivity contribution >= 4 is 5.97 Å². The SMILES string of the molecule is CC1(C)CCC(C)(C)c2cc(CC3(C(=O)O)COc4ccccc43)ccc21. The van der Waals surface area contributed by atoms with Gasteiger partial charge in [-0.25, -0.2) is 0 Å². The van der Waals surface area contributed by atoms with Crippen molar-refractivity contribution in [2.75, 3.05) is 6.61 Å². The van der Waals surface area contributed by atoms with Crippen molar-refractivity contribution in [3.8, 4) is 5.75 Å². The molecule has 0 radical (unpaired) electrons. The number of hydrogen-bond acceptors (Lipinski definition) is 2. The van der Waals surface area contributed by atoms with Crippen LogP contribution >= 0.6 is 0 Å². The largest absolute Gasteiger partial charge is 0.492 e. The Kier molecular flexibility index (Phi) is 3.92. The van der Waals surface area contributed by atoms with Gasteiger partial charge in [-0.05, 0) is 52.8 Å². The number of hydrogen-bond donors (Lipinski definition) is 1. The van der Waals surface area contributed by atoms with Crippen LogP contribution in [-0.4, -0.2) is 17.7 Å². The molecular formula is C24H28O3. The molecule has 1 N–H and O–H groups in total. The lowest BCUT2D eigenvalue weighted by atomic mass is 9.62. The molecule has 1 aliphatic heterocycles. The summed E-state index contributed by atoms with van der Waals surface area (Å²) in [5.41, 5.74) is 3.88. The van der Waals surface area contributed by atoms with Gasteiger partial charge in [-0.15, -0.1) is 0 Å². The quantitative estimate of drug-likeness (QED) is 0.834. The number of aliphatic carboxylic acids is 1. The Hall–Kier alpha value is -2.29. The molecule has 1 atom stereocenters. The van der Waals surface area contributed by atoms with Gasteiger partial charge in [0.2, 0.25) is 0 Å². The number of para-hydroxylation sites is 1. The van der Waals surface area contributed by atoms with Gasteiger partial charge >= 0.3 is 5.97 Å². The zero-order valence-electron chi connectivity index (χ0n) is 16.6. The van der Waals surface area contributed by atoms with Gasteiger partial charge in [-0.3, -0.25) is 4.79 Å². The summed E-state index contributed by atoms with van der Waals surface area (Å²) in [6, 6.07) is 14.1. The van der Waals surface area contributed by atoms with E-state index in [1.807, 2.05) is 24.3 Å². The molecule has 1 heterocycles. The van der Waals surface area contributed by atoms with Gasteiger partial charge in [0.15, 0.2) is 0 Å². The number of carboxylic acid groups (broad SMARTS) is 1. The molecule has 1 aliphatic carbocycles. The molecular weight excluding hydrogens is 336 g/mol. The van der Waals surface area contributed by atoms with Crippen molar-refractivity contribution in [3.63, 3.8) is 0 Å². The smallest absolute Gasteiger partial charge is 0.318 e. The summed E-state index contributed by atoms with van der Waals surface area (Å²) in [4.78, 5) is 12.3. The second-order valence-electron chi connectivity index (χ2n) is 9.50. The Morgan fingerprint density at radius 1 is 0.963 bits per heavy atom. The molecule has 2 aromatic carbocycles. The predicted molar refractivity (Wildman–Crippen MR) is 107 cm³/mol. The van der Waals surface area contributed by atoms with Crippen LogP contribution in [0.3, 0.4) is 0 Å². The van der Waals surface area contributed by atoms with E-state index in [2.05, 4.69) is 45.9 Å². The molecule has 0 bridgehead atoms. The third kappa shape index (κ3) is 2.75. The van der Waals surface area contributed by atoms with E-state index in [1.54, 1.807) is 0 Å². The summed E-state index contributed by atoms with van der Waals surface area (Å²) in [5, 5.41) is 10.1. The first kappa shape index (κ1) is 18.1. The number of ether oxygens (including phenoxy) is 1. The molecule has 142 valence electrons. The lowest BCUT2D eigenvalue weighted by molar-refractivity contribution is -0.144. The van der Waals surface area contributed by atoms with E-state index < -0.39 is 11.4 Å². The van der Waals surface area contributed by atoms with Crippen LogP contribution in [0.1, 0.15) is 62.8 Å². The zero-order valence-corrected chi connectivity index (χ0v) is 16.6. The second-order valence-corrected chi connectivity index (χ2v) is 9.50. The van der Waals surface area contributed by atoms with Gasteiger partial charge in [0.25, 0.3) is 0 Å². The maximum atomic E-state index is 12.3. The molecule has 0 amide bonds. The number of benzene rings is 2. The summed E-state index contributed by atoms with van der Waals surface area (Å²) in [7, 11) is 0. The van der Waals surface area contributed by atoms with Crippen molar-refractivity contribution in [1.29, 1.82) is 0 Å². The van der Waals surface area contributed by atoms with E-state index >= 15 is 0 Å². The van der Waals surface area contributed by atoms with Crippen LogP contribution in [0.4, 0.5) is 0 Å². The van der Waals surface area contributed by atoms with Crippen LogP contribution in [-0.2, 0) is 27.5 Å². The van der Waals surface area contributed by atoms with Crippen molar-refractivity contribution in [2.24, 2.45) is 0 Å². The highest BCUT2D eigenvalue weighted by molar-refractivity contribution is 5.84. The average Bonchev–Trinajstić information content (AvgIpc) is 2.99. The summed E-state index contributed by atoms with van der Waals surface area (Å²) in [5.74, 6) is -0.121. The molecule has 27 heavy (non-hydrogen) atoms. The van der Waals surface area contributed by atoms with E-state index in [1.165, 1.54) is 17.5 Å². The summed E-state index contributed by atoms with van der Waals surface area (Å²) in [6.45, 7) is 9.40. The predicted octanol–water partition coefficient (Wildman–Crippen LogP) is 4.99. The standard InChI is InChI=1S/C24H28O3/c1-22(2)11-12-23(3,4)19-13-16(9-10-17(19)22)14-24(21(25)26)15-27-20-8-6-5-7-18(20)24/h5-10,13H,11-12,14-15H2,1-4H3,(H,25,26). The summed E-state index contributed by atoms with van der Waals surface area (Å²) >= 11 is 0. The van der Waals surface area contributed by atoms with Crippen molar-refractivity contribution in [1.82, 2.24) is 0 Å².